The van der Waals surface area contributed by atoms with Gasteiger partial charge in [0.15, 0.2) is 5.82 Å². The van der Waals surface area contributed by atoms with Gasteiger partial charge in [0.05, 0.1) is 12.4 Å². The lowest BCUT2D eigenvalue weighted by molar-refractivity contribution is 0.0635. The predicted molar refractivity (Wildman–Crippen MR) is 77.0 cm³/mol. The average molecular weight is 279 g/mol. The van der Waals surface area contributed by atoms with Crippen LogP contribution in [0.25, 0.3) is 0 Å². The smallest absolute Gasteiger partial charge is 0.413 e. The van der Waals surface area contributed by atoms with Gasteiger partial charge in [-0.05, 0) is 20.8 Å². The summed E-state index contributed by atoms with van der Waals surface area (Å²) in [6.45, 7) is 9.05. The highest BCUT2D eigenvalue weighted by atomic mass is 16.6. The number of nitrogens with one attached hydrogen (secondary N) is 2. The molecule has 0 aliphatic carbocycles. The number of carbonyl (C=O) groups is 1. The van der Waals surface area contributed by atoms with Gasteiger partial charge in [-0.15, -0.1) is 0 Å². The van der Waals surface area contributed by atoms with E-state index in [1.165, 1.54) is 6.20 Å². The Kier molecular flexibility index (Phi) is 4.39. The second kappa shape index (κ2) is 6.04. The first-order chi connectivity index (χ1) is 9.44. The summed E-state index contributed by atoms with van der Waals surface area (Å²) in [5, 5.41) is 5.88. The molecule has 1 fully saturated rings. The largest absolute Gasteiger partial charge is 0.444 e. The van der Waals surface area contributed by atoms with Crippen LogP contribution in [0.3, 0.4) is 0 Å². The number of anilines is 2. The normalized spacial score (nSPS) is 15.8. The summed E-state index contributed by atoms with van der Waals surface area (Å²) < 4.78 is 5.19. The zero-order valence-electron chi connectivity index (χ0n) is 12.1. The van der Waals surface area contributed by atoms with Crippen molar-refractivity contribution in [2.75, 3.05) is 36.4 Å². The first-order valence-electron chi connectivity index (χ1n) is 6.72. The average Bonchev–Trinajstić information content (AvgIpc) is 2.38. The molecule has 2 rings (SSSR count). The summed E-state index contributed by atoms with van der Waals surface area (Å²) in [7, 11) is 0. The van der Waals surface area contributed by atoms with E-state index >= 15 is 0 Å². The summed E-state index contributed by atoms with van der Waals surface area (Å²) in [4.78, 5) is 22.3. The van der Waals surface area contributed by atoms with E-state index in [1.54, 1.807) is 6.20 Å². The lowest BCUT2D eigenvalue weighted by Gasteiger charge is -2.28. The lowest BCUT2D eigenvalue weighted by atomic mass is 10.2. The second-order valence-corrected chi connectivity index (χ2v) is 5.63. The molecule has 1 amide bonds. The van der Waals surface area contributed by atoms with Crippen molar-refractivity contribution in [3.8, 4) is 0 Å². The van der Waals surface area contributed by atoms with Crippen molar-refractivity contribution in [2.45, 2.75) is 26.4 Å². The standard InChI is InChI=1S/C13H21N5O2/c1-13(2,3)20-12(19)17-10-8-15-9-11(16-10)18-6-4-14-5-7-18/h8-9,14H,4-7H2,1-3H3,(H,16,17,19). The van der Waals surface area contributed by atoms with Crippen LogP contribution >= 0.6 is 0 Å². The molecule has 0 unspecified atom stereocenters. The molecule has 0 saturated carbocycles. The fourth-order valence-corrected chi connectivity index (χ4v) is 1.87. The molecule has 1 aromatic rings. The van der Waals surface area contributed by atoms with Crippen molar-refractivity contribution in [3.05, 3.63) is 12.4 Å². The van der Waals surface area contributed by atoms with Gasteiger partial charge in [0.25, 0.3) is 0 Å². The maximum absolute atomic E-state index is 11.7. The van der Waals surface area contributed by atoms with E-state index in [9.17, 15) is 4.79 Å². The number of nitrogens with zero attached hydrogens (tertiary/aromatic N) is 3. The van der Waals surface area contributed by atoms with Crippen LogP contribution in [-0.2, 0) is 4.74 Å². The molecule has 1 aliphatic heterocycles. The van der Waals surface area contributed by atoms with E-state index in [0.29, 0.717) is 5.82 Å². The second-order valence-electron chi connectivity index (χ2n) is 5.63. The van der Waals surface area contributed by atoms with E-state index in [0.717, 1.165) is 32.0 Å². The predicted octanol–water partition coefficient (Wildman–Crippen LogP) is 1.23. The van der Waals surface area contributed by atoms with E-state index in [2.05, 4.69) is 25.5 Å². The zero-order valence-corrected chi connectivity index (χ0v) is 12.1. The van der Waals surface area contributed by atoms with Crippen LogP contribution < -0.4 is 15.5 Å². The molecule has 20 heavy (non-hydrogen) atoms. The van der Waals surface area contributed by atoms with E-state index in [1.807, 2.05) is 20.8 Å². The van der Waals surface area contributed by atoms with E-state index < -0.39 is 11.7 Å². The molecule has 2 heterocycles. The minimum atomic E-state index is -0.534. The van der Waals surface area contributed by atoms with Gasteiger partial charge < -0.3 is 15.0 Å². The van der Waals surface area contributed by atoms with Gasteiger partial charge in [-0.25, -0.2) is 9.78 Å². The first-order valence-corrected chi connectivity index (χ1v) is 6.72. The highest BCUT2D eigenvalue weighted by Crippen LogP contribution is 2.14. The highest BCUT2D eigenvalue weighted by molar-refractivity contribution is 5.83. The molecule has 0 atom stereocenters. The zero-order chi connectivity index (χ0) is 14.6. The fourth-order valence-electron chi connectivity index (χ4n) is 1.87. The number of piperazine rings is 1. The number of ether oxygens (including phenoxy) is 1. The number of rotatable bonds is 2. The van der Waals surface area contributed by atoms with Crippen LogP contribution in [-0.4, -0.2) is 47.8 Å². The topological polar surface area (TPSA) is 79.4 Å². The van der Waals surface area contributed by atoms with Crippen LogP contribution in [0.2, 0.25) is 0 Å². The van der Waals surface area contributed by atoms with Gasteiger partial charge in [-0.3, -0.25) is 10.3 Å². The molecule has 0 spiro atoms. The van der Waals surface area contributed by atoms with Gasteiger partial charge in [-0.1, -0.05) is 0 Å². The van der Waals surface area contributed by atoms with Crippen LogP contribution in [0.1, 0.15) is 20.8 Å². The molecular formula is C13H21N5O2. The lowest BCUT2D eigenvalue weighted by Crippen LogP contribution is -2.44. The quantitative estimate of drug-likeness (QED) is 0.847. The Labute approximate surface area is 118 Å². The van der Waals surface area contributed by atoms with Crippen molar-refractivity contribution in [2.24, 2.45) is 0 Å². The Balaban J connectivity index is 2.00. The van der Waals surface area contributed by atoms with Gasteiger partial charge >= 0.3 is 6.09 Å². The monoisotopic (exact) mass is 279 g/mol. The van der Waals surface area contributed by atoms with E-state index in [-0.39, 0.29) is 0 Å². The van der Waals surface area contributed by atoms with Crippen LogP contribution in [0.4, 0.5) is 16.4 Å². The minimum Gasteiger partial charge on any atom is -0.444 e. The Bertz CT molecular complexity index is 466. The van der Waals surface area contributed by atoms with Gasteiger partial charge in [0.1, 0.15) is 11.4 Å². The number of amides is 1. The molecule has 7 nitrogen and oxygen atoms in total. The SMILES string of the molecule is CC(C)(C)OC(=O)Nc1cncc(N2CCNCC2)n1. The molecule has 1 aliphatic rings. The van der Waals surface area contributed by atoms with Gasteiger partial charge in [0, 0.05) is 26.2 Å². The Morgan fingerprint density at radius 2 is 2.05 bits per heavy atom. The number of aromatic nitrogens is 2. The molecule has 0 radical (unpaired) electrons. The summed E-state index contributed by atoms with van der Waals surface area (Å²) in [5.41, 5.74) is -0.534. The van der Waals surface area contributed by atoms with Crippen molar-refractivity contribution < 1.29 is 9.53 Å². The van der Waals surface area contributed by atoms with Gasteiger partial charge in [0.2, 0.25) is 0 Å². The highest BCUT2D eigenvalue weighted by Gasteiger charge is 2.17. The third kappa shape index (κ3) is 4.34. The fraction of sp³-hybridized carbons (Fsp3) is 0.615. The molecular weight excluding hydrogens is 258 g/mol. The van der Waals surface area contributed by atoms with Crippen molar-refractivity contribution >= 4 is 17.7 Å². The van der Waals surface area contributed by atoms with Gasteiger partial charge in [-0.2, -0.15) is 0 Å². The molecule has 7 heteroatoms. The molecule has 0 bridgehead atoms. The van der Waals surface area contributed by atoms with Crippen LogP contribution in [0.15, 0.2) is 12.4 Å². The third-order valence-corrected chi connectivity index (χ3v) is 2.69. The summed E-state index contributed by atoms with van der Waals surface area (Å²) in [5.74, 6) is 1.16. The number of carbonyl (C=O) groups excluding carboxylic acids is 1. The summed E-state index contributed by atoms with van der Waals surface area (Å²) in [6.07, 6.45) is 2.69. The van der Waals surface area contributed by atoms with Crippen molar-refractivity contribution in [3.63, 3.8) is 0 Å². The maximum Gasteiger partial charge on any atom is 0.413 e. The number of hydrogen-bond acceptors (Lipinski definition) is 6. The molecule has 1 aromatic heterocycles. The maximum atomic E-state index is 11.7. The minimum absolute atomic E-state index is 0.398. The molecule has 1 saturated heterocycles. The Morgan fingerprint density at radius 1 is 1.35 bits per heavy atom. The van der Waals surface area contributed by atoms with E-state index in [4.69, 9.17) is 4.74 Å². The summed E-state index contributed by atoms with van der Waals surface area (Å²) in [6, 6.07) is 0. The Morgan fingerprint density at radius 3 is 2.70 bits per heavy atom. The van der Waals surface area contributed by atoms with Crippen molar-refractivity contribution in [1.29, 1.82) is 0 Å². The summed E-state index contributed by atoms with van der Waals surface area (Å²) >= 11 is 0. The first kappa shape index (κ1) is 14.5. The molecule has 2 N–H and O–H groups in total. The molecule has 0 aromatic carbocycles. The van der Waals surface area contributed by atoms with Crippen LogP contribution in [0, 0.1) is 0 Å². The van der Waals surface area contributed by atoms with Crippen molar-refractivity contribution in [1.82, 2.24) is 15.3 Å². The van der Waals surface area contributed by atoms with Crippen LogP contribution in [0.5, 0.6) is 0 Å². The number of hydrogen-bond donors (Lipinski definition) is 2. The third-order valence-electron chi connectivity index (χ3n) is 2.69. The molecule has 110 valence electrons. The Hall–Kier alpha value is -1.89.